The van der Waals surface area contributed by atoms with Crippen LogP contribution >= 0.6 is 0 Å². The highest BCUT2D eigenvalue weighted by atomic mass is 19.3. The fourth-order valence-electron chi connectivity index (χ4n) is 2.87. The van der Waals surface area contributed by atoms with E-state index in [4.69, 9.17) is 9.84 Å². The van der Waals surface area contributed by atoms with Gasteiger partial charge in [-0.05, 0) is 5.56 Å². The summed E-state index contributed by atoms with van der Waals surface area (Å²) < 4.78 is 86.1. The molecule has 1 aromatic carbocycles. The molecule has 0 spiro atoms. The average Bonchev–Trinajstić information content (AvgIpc) is 2.67. The molecule has 7 nitrogen and oxygen atoms in total. The van der Waals surface area contributed by atoms with Gasteiger partial charge in [-0.3, -0.25) is 14.5 Å². The molecule has 1 atom stereocenters. The Morgan fingerprint density at radius 2 is 1.58 bits per heavy atom. The lowest BCUT2D eigenvalue weighted by Crippen LogP contribution is -2.69. The van der Waals surface area contributed by atoms with Gasteiger partial charge in [0.25, 0.3) is 0 Å². The Kier molecular flexibility index (Phi) is 6.76. The zero-order valence-corrected chi connectivity index (χ0v) is 16.0. The van der Waals surface area contributed by atoms with Crippen molar-refractivity contribution in [3.05, 3.63) is 35.9 Å². The number of carboxylic acids is 1. The van der Waals surface area contributed by atoms with E-state index in [1.807, 2.05) is 0 Å². The number of carboxylic acid groups (broad SMARTS) is 1. The number of alkyl halides is 6. The second-order valence-corrected chi connectivity index (χ2v) is 6.94. The number of hydrogen-bond donors (Lipinski definition) is 1. The van der Waals surface area contributed by atoms with Crippen molar-refractivity contribution < 1.29 is 50.6 Å². The van der Waals surface area contributed by atoms with Crippen molar-refractivity contribution in [2.75, 3.05) is 20.1 Å². The van der Waals surface area contributed by atoms with E-state index in [0.717, 1.165) is 7.05 Å². The molecule has 1 aliphatic rings. The largest absolute Gasteiger partial charge is 0.481 e. The van der Waals surface area contributed by atoms with Gasteiger partial charge in [0.2, 0.25) is 5.91 Å². The second kappa shape index (κ2) is 8.63. The number of rotatable bonds is 6. The fourth-order valence-corrected chi connectivity index (χ4v) is 2.87. The van der Waals surface area contributed by atoms with Crippen LogP contribution in [0.4, 0.5) is 31.1 Å². The van der Waals surface area contributed by atoms with Crippen LogP contribution < -0.4 is 0 Å². The Labute approximate surface area is 172 Å². The summed E-state index contributed by atoms with van der Waals surface area (Å²) in [7, 11) is 0.896. The Bertz CT molecular complexity index is 816. The molecule has 2 rings (SSSR count). The third-order valence-electron chi connectivity index (χ3n) is 4.62. The van der Waals surface area contributed by atoms with Crippen molar-refractivity contribution in [2.45, 2.75) is 36.8 Å². The number of carbonyl (C=O) groups excluding carboxylic acids is 2. The van der Waals surface area contributed by atoms with Gasteiger partial charge in [-0.25, -0.2) is 4.79 Å². The number of hydrogen-bond acceptors (Lipinski definition) is 4. The summed E-state index contributed by atoms with van der Waals surface area (Å²) >= 11 is 0. The van der Waals surface area contributed by atoms with Gasteiger partial charge in [0.15, 0.2) is 0 Å². The third-order valence-corrected chi connectivity index (χ3v) is 4.62. The average molecular weight is 456 g/mol. The third kappa shape index (κ3) is 5.02. The Morgan fingerprint density at radius 1 is 1.06 bits per heavy atom. The quantitative estimate of drug-likeness (QED) is 0.666. The van der Waals surface area contributed by atoms with E-state index in [0.29, 0.717) is 10.5 Å². The van der Waals surface area contributed by atoms with Crippen molar-refractivity contribution in [3.63, 3.8) is 0 Å². The molecule has 1 unspecified atom stereocenters. The zero-order chi connectivity index (χ0) is 23.6. The molecule has 1 aromatic rings. The molecule has 172 valence electrons. The van der Waals surface area contributed by atoms with E-state index >= 15 is 0 Å². The predicted octanol–water partition coefficient (Wildman–Crippen LogP) is 2.85. The van der Waals surface area contributed by atoms with Gasteiger partial charge in [-0.2, -0.15) is 26.3 Å². The first-order chi connectivity index (χ1) is 14.2. The predicted molar refractivity (Wildman–Crippen MR) is 91.9 cm³/mol. The topological polar surface area (TPSA) is 87.1 Å². The molecule has 1 fully saturated rings. The van der Waals surface area contributed by atoms with Crippen LogP contribution in [0.25, 0.3) is 0 Å². The number of piperidine rings is 1. The molecule has 0 aromatic heterocycles. The Morgan fingerprint density at radius 3 is 2.06 bits per heavy atom. The van der Waals surface area contributed by atoms with Gasteiger partial charge in [-0.15, -0.1) is 0 Å². The van der Waals surface area contributed by atoms with Crippen LogP contribution in [-0.4, -0.2) is 76.8 Å². The number of amides is 2. The smallest absolute Gasteiger partial charge is 0.410 e. The highest BCUT2D eigenvalue weighted by Crippen LogP contribution is 2.49. The molecule has 1 N–H and O–H groups in total. The molecule has 0 bridgehead atoms. The SMILES string of the molecule is CN(C(=O)OCc1ccccc1)C(CC(=O)O)C(=O)N1CC(F)(F)C(F)(F)C(F)(F)C1. The van der Waals surface area contributed by atoms with Crippen LogP contribution in [0.1, 0.15) is 12.0 Å². The molecular weight excluding hydrogens is 438 g/mol. The maximum atomic E-state index is 13.6. The van der Waals surface area contributed by atoms with Crippen molar-refractivity contribution in [1.82, 2.24) is 9.80 Å². The standard InChI is InChI=1S/C18H18F6N2O5/c1-25(15(30)31-8-11-5-3-2-4-6-11)12(7-13(27)28)14(29)26-9-16(19,20)18(23,24)17(21,22)10-26/h2-6,12H,7-10H2,1H3,(H,27,28). The van der Waals surface area contributed by atoms with E-state index in [2.05, 4.69) is 0 Å². The minimum absolute atomic E-state index is 0.272. The molecule has 0 aliphatic carbocycles. The summed E-state index contributed by atoms with van der Waals surface area (Å²) in [5.74, 6) is -19.6. The van der Waals surface area contributed by atoms with Crippen molar-refractivity contribution in [2.24, 2.45) is 0 Å². The highest BCUT2D eigenvalue weighted by molar-refractivity contribution is 5.89. The minimum Gasteiger partial charge on any atom is -0.481 e. The van der Waals surface area contributed by atoms with Crippen LogP contribution in [0, 0.1) is 0 Å². The lowest BCUT2D eigenvalue weighted by Gasteiger charge is -2.44. The molecular formula is C18H18F6N2O5. The first-order valence-corrected chi connectivity index (χ1v) is 8.77. The van der Waals surface area contributed by atoms with Crippen LogP contribution in [0.2, 0.25) is 0 Å². The zero-order valence-electron chi connectivity index (χ0n) is 16.0. The van der Waals surface area contributed by atoms with Gasteiger partial charge in [0.05, 0.1) is 19.5 Å². The van der Waals surface area contributed by atoms with Crippen LogP contribution in [-0.2, 0) is 20.9 Å². The Balaban J connectivity index is 2.19. The summed E-state index contributed by atoms with van der Waals surface area (Å²) in [5.41, 5.74) is 0.530. The number of halogens is 6. The summed E-state index contributed by atoms with van der Waals surface area (Å²) in [6.07, 6.45) is -2.40. The summed E-state index contributed by atoms with van der Waals surface area (Å²) in [5, 5.41) is 8.99. The second-order valence-electron chi connectivity index (χ2n) is 6.94. The number of aliphatic carboxylic acids is 1. The van der Waals surface area contributed by atoms with Crippen LogP contribution in [0.15, 0.2) is 30.3 Å². The summed E-state index contributed by atoms with van der Waals surface area (Å²) in [4.78, 5) is 36.0. The fraction of sp³-hybridized carbons (Fsp3) is 0.500. The number of likely N-dealkylation sites (N-methyl/N-ethyl adjacent to an activating group) is 1. The molecule has 0 saturated carbocycles. The minimum atomic E-state index is -5.71. The molecule has 0 radical (unpaired) electrons. The number of likely N-dealkylation sites (tertiary alicyclic amines) is 1. The lowest BCUT2D eigenvalue weighted by molar-refractivity contribution is -0.335. The van der Waals surface area contributed by atoms with Gasteiger partial charge >= 0.3 is 29.8 Å². The first kappa shape index (κ1) is 24.3. The highest BCUT2D eigenvalue weighted by Gasteiger charge is 2.75. The monoisotopic (exact) mass is 456 g/mol. The van der Waals surface area contributed by atoms with E-state index in [1.165, 1.54) is 0 Å². The van der Waals surface area contributed by atoms with Gasteiger partial charge < -0.3 is 14.7 Å². The van der Waals surface area contributed by atoms with Crippen molar-refractivity contribution in [1.29, 1.82) is 0 Å². The summed E-state index contributed by atoms with van der Waals surface area (Å²) in [6.45, 7) is -4.43. The molecule has 2 amide bonds. The number of nitrogens with zero attached hydrogens (tertiary/aromatic N) is 2. The van der Waals surface area contributed by atoms with E-state index in [1.54, 1.807) is 30.3 Å². The van der Waals surface area contributed by atoms with Gasteiger partial charge in [0.1, 0.15) is 12.6 Å². The molecule has 1 heterocycles. The van der Waals surface area contributed by atoms with Crippen LogP contribution in [0.5, 0.6) is 0 Å². The summed E-state index contributed by atoms with van der Waals surface area (Å²) in [6, 6.07) is 6.09. The number of carbonyl (C=O) groups is 3. The molecule has 1 saturated heterocycles. The van der Waals surface area contributed by atoms with E-state index in [-0.39, 0.29) is 11.5 Å². The molecule has 31 heavy (non-hydrogen) atoms. The maximum Gasteiger partial charge on any atom is 0.410 e. The first-order valence-electron chi connectivity index (χ1n) is 8.77. The van der Waals surface area contributed by atoms with Crippen molar-refractivity contribution >= 4 is 18.0 Å². The Hall–Kier alpha value is -2.99. The molecule has 1 aliphatic heterocycles. The van der Waals surface area contributed by atoms with Crippen molar-refractivity contribution in [3.8, 4) is 0 Å². The van der Waals surface area contributed by atoms with E-state index in [9.17, 15) is 40.7 Å². The van der Waals surface area contributed by atoms with Gasteiger partial charge in [-0.1, -0.05) is 30.3 Å². The molecule has 13 heteroatoms. The van der Waals surface area contributed by atoms with E-state index < -0.39 is 61.3 Å². The number of ether oxygens (including phenoxy) is 1. The maximum absolute atomic E-state index is 13.6. The lowest BCUT2D eigenvalue weighted by atomic mass is 9.97. The number of benzene rings is 1. The normalized spacial score (nSPS) is 19.9. The van der Waals surface area contributed by atoms with Crippen LogP contribution in [0.3, 0.4) is 0 Å². The van der Waals surface area contributed by atoms with Gasteiger partial charge in [0, 0.05) is 7.05 Å².